The maximum absolute atomic E-state index is 13.7. The molecule has 0 unspecified atom stereocenters. The quantitative estimate of drug-likeness (QED) is 0.383. The first-order valence-corrected chi connectivity index (χ1v) is 12.1. The Morgan fingerprint density at radius 2 is 2.06 bits per heavy atom. The van der Waals surface area contributed by atoms with Crippen molar-refractivity contribution < 1.29 is 14.2 Å². The highest BCUT2D eigenvalue weighted by Crippen LogP contribution is 2.37. The summed E-state index contributed by atoms with van der Waals surface area (Å²) in [5, 5.41) is 18.1. The number of nitrogens with zero attached hydrogens (tertiary/aromatic N) is 4. The van der Waals surface area contributed by atoms with Crippen molar-refractivity contribution in [2.24, 2.45) is 0 Å². The first-order chi connectivity index (χ1) is 17.4. The second-order valence-electron chi connectivity index (χ2n) is 9.83. The van der Waals surface area contributed by atoms with Gasteiger partial charge in [-0.2, -0.15) is 0 Å². The van der Waals surface area contributed by atoms with Crippen LogP contribution in [0, 0.1) is 5.82 Å². The third-order valence-corrected chi connectivity index (χ3v) is 6.99. The van der Waals surface area contributed by atoms with E-state index in [0.29, 0.717) is 31.8 Å². The molecular formula is C27H29FN6O2. The summed E-state index contributed by atoms with van der Waals surface area (Å²) in [5.74, 6) is 0.427. The van der Waals surface area contributed by atoms with Gasteiger partial charge in [-0.15, -0.1) is 0 Å². The minimum Gasteiger partial charge on any atom is -0.383 e. The molecule has 4 aromatic rings. The van der Waals surface area contributed by atoms with E-state index in [1.54, 1.807) is 12.4 Å². The van der Waals surface area contributed by atoms with Crippen molar-refractivity contribution in [3.05, 3.63) is 77.0 Å². The van der Waals surface area contributed by atoms with E-state index >= 15 is 0 Å². The number of anilines is 2. The van der Waals surface area contributed by atoms with E-state index in [1.807, 2.05) is 35.5 Å². The summed E-state index contributed by atoms with van der Waals surface area (Å²) in [5.41, 5.74) is 6.59. The van der Waals surface area contributed by atoms with Crippen LogP contribution in [0.15, 0.2) is 48.8 Å². The molecule has 2 aliphatic rings. The summed E-state index contributed by atoms with van der Waals surface area (Å²) >= 11 is 0. The summed E-state index contributed by atoms with van der Waals surface area (Å²) in [6.07, 6.45) is 4.08. The Morgan fingerprint density at radius 1 is 1.19 bits per heavy atom. The number of imidazole rings is 1. The van der Waals surface area contributed by atoms with Gasteiger partial charge in [-0.3, -0.25) is 4.40 Å². The fourth-order valence-electron chi connectivity index (χ4n) is 5.24. The van der Waals surface area contributed by atoms with Gasteiger partial charge in [0.2, 0.25) is 0 Å². The maximum atomic E-state index is 13.7. The monoisotopic (exact) mass is 488 g/mol. The number of nitrogens with one attached hydrogen (secondary N) is 2. The lowest BCUT2D eigenvalue weighted by Gasteiger charge is -2.25. The first-order valence-electron chi connectivity index (χ1n) is 12.1. The molecular weight excluding hydrogens is 459 g/mol. The number of ether oxygens (including phenoxy) is 1. The molecule has 186 valence electrons. The largest absolute Gasteiger partial charge is 0.383 e. The van der Waals surface area contributed by atoms with Gasteiger partial charge in [0.1, 0.15) is 22.9 Å². The van der Waals surface area contributed by atoms with Crippen molar-refractivity contribution in [1.29, 1.82) is 0 Å². The van der Waals surface area contributed by atoms with E-state index in [4.69, 9.17) is 9.72 Å². The average molecular weight is 489 g/mol. The highest BCUT2D eigenvalue weighted by Gasteiger charge is 2.36. The highest BCUT2D eigenvalue weighted by atomic mass is 19.1. The van der Waals surface area contributed by atoms with Crippen LogP contribution < -0.4 is 10.6 Å². The number of hydrogen-bond donors (Lipinski definition) is 3. The van der Waals surface area contributed by atoms with Gasteiger partial charge in [-0.05, 0) is 43.4 Å². The maximum Gasteiger partial charge on any atom is 0.140 e. The van der Waals surface area contributed by atoms with Crippen LogP contribution >= 0.6 is 0 Å². The second-order valence-corrected chi connectivity index (χ2v) is 9.83. The normalized spacial score (nSPS) is 19.4. The summed E-state index contributed by atoms with van der Waals surface area (Å²) in [7, 11) is 3.99. The van der Waals surface area contributed by atoms with Gasteiger partial charge in [-0.25, -0.2) is 14.4 Å². The van der Waals surface area contributed by atoms with E-state index in [-0.39, 0.29) is 5.82 Å². The lowest BCUT2D eigenvalue weighted by atomic mass is 9.91. The van der Waals surface area contributed by atoms with E-state index in [2.05, 4.69) is 27.8 Å². The van der Waals surface area contributed by atoms with Crippen LogP contribution in [-0.4, -0.2) is 51.7 Å². The fourth-order valence-corrected chi connectivity index (χ4v) is 5.24. The minimum absolute atomic E-state index is 0.290. The number of pyridine rings is 2. The minimum atomic E-state index is -0.999. The van der Waals surface area contributed by atoms with Crippen LogP contribution in [0.25, 0.3) is 16.9 Å². The van der Waals surface area contributed by atoms with Crippen LogP contribution in [0.3, 0.4) is 0 Å². The van der Waals surface area contributed by atoms with Gasteiger partial charge in [-0.1, -0.05) is 12.1 Å². The Balaban J connectivity index is 1.36. The number of aromatic nitrogens is 3. The molecule has 8 nitrogen and oxygen atoms in total. The SMILES string of the molecule is CN(C)Cc1nc(Nc2ccc(-c3cnc4cc(F)ccn34)c3c2CNC3)ccc1[C@@]1(O)CCOC1. The van der Waals surface area contributed by atoms with E-state index < -0.39 is 5.60 Å². The number of aliphatic hydroxyl groups is 1. The lowest BCUT2D eigenvalue weighted by Crippen LogP contribution is -2.29. The van der Waals surface area contributed by atoms with Crippen molar-refractivity contribution >= 4 is 17.2 Å². The second kappa shape index (κ2) is 8.94. The van der Waals surface area contributed by atoms with Crippen LogP contribution in [0.4, 0.5) is 15.9 Å². The number of fused-ring (bicyclic) bond motifs is 2. The molecule has 5 heterocycles. The number of rotatable bonds is 6. The Kier molecular flexibility index (Phi) is 5.72. The summed E-state index contributed by atoms with van der Waals surface area (Å²) in [6, 6.07) is 10.9. The first kappa shape index (κ1) is 23.1. The fraction of sp³-hybridized carbons (Fsp3) is 0.333. The topological polar surface area (TPSA) is 87.0 Å². The molecule has 0 aliphatic carbocycles. The highest BCUT2D eigenvalue weighted by molar-refractivity contribution is 5.75. The molecule has 3 aromatic heterocycles. The van der Waals surface area contributed by atoms with Gasteiger partial charge < -0.3 is 25.4 Å². The van der Waals surface area contributed by atoms with Crippen LogP contribution in [0.1, 0.15) is 28.8 Å². The third-order valence-electron chi connectivity index (χ3n) is 6.99. The lowest BCUT2D eigenvalue weighted by molar-refractivity contribution is 0.0217. The molecule has 9 heteroatoms. The Morgan fingerprint density at radius 3 is 2.86 bits per heavy atom. The standard InChI is InChI=1S/C27H29FN6O2/c1-33(2)15-23-21(27(35)8-10-36-16-27)4-6-25(32-23)31-22-5-3-18(19-12-29-13-20(19)22)24-14-30-26-11-17(28)7-9-34(24)26/h3-7,9,11,14,29,35H,8,10,12-13,15-16H2,1-2H3,(H,31,32)/t27-/m1/s1. The number of hydrogen-bond acceptors (Lipinski definition) is 7. The molecule has 2 aliphatic heterocycles. The van der Waals surface area contributed by atoms with Crippen molar-refractivity contribution in [3.8, 4) is 11.3 Å². The molecule has 6 rings (SSSR count). The Bertz CT molecular complexity index is 1440. The number of benzene rings is 1. The van der Waals surface area contributed by atoms with Gasteiger partial charge in [0.05, 0.1) is 24.2 Å². The Hall–Kier alpha value is -3.37. The molecule has 3 N–H and O–H groups in total. The van der Waals surface area contributed by atoms with Gasteiger partial charge in [0, 0.05) is 61.7 Å². The van der Waals surface area contributed by atoms with E-state index in [1.165, 1.54) is 23.3 Å². The molecule has 1 fully saturated rings. The van der Waals surface area contributed by atoms with Crippen molar-refractivity contribution in [2.45, 2.75) is 31.7 Å². The third kappa shape index (κ3) is 4.04. The predicted molar refractivity (Wildman–Crippen MR) is 135 cm³/mol. The molecule has 0 amide bonds. The summed E-state index contributed by atoms with van der Waals surface area (Å²) < 4.78 is 21.1. The van der Waals surface area contributed by atoms with E-state index in [9.17, 15) is 9.50 Å². The summed E-state index contributed by atoms with van der Waals surface area (Å²) in [6.45, 7) is 2.92. The smallest absolute Gasteiger partial charge is 0.140 e. The van der Waals surface area contributed by atoms with Gasteiger partial charge in [0.25, 0.3) is 0 Å². The van der Waals surface area contributed by atoms with Crippen LogP contribution in [-0.2, 0) is 30.0 Å². The van der Waals surface area contributed by atoms with Gasteiger partial charge >= 0.3 is 0 Å². The van der Waals surface area contributed by atoms with Gasteiger partial charge in [0.15, 0.2) is 0 Å². The average Bonchev–Trinajstić information content (AvgIpc) is 3.59. The molecule has 0 spiro atoms. The van der Waals surface area contributed by atoms with Crippen molar-refractivity contribution in [2.75, 3.05) is 32.6 Å². The zero-order chi connectivity index (χ0) is 24.9. The summed E-state index contributed by atoms with van der Waals surface area (Å²) in [4.78, 5) is 11.3. The zero-order valence-corrected chi connectivity index (χ0v) is 20.4. The van der Waals surface area contributed by atoms with Crippen molar-refractivity contribution in [1.82, 2.24) is 24.6 Å². The molecule has 0 radical (unpaired) electrons. The van der Waals surface area contributed by atoms with Crippen LogP contribution in [0.5, 0.6) is 0 Å². The van der Waals surface area contributed by atoms with Crippen molar-refractivity contribution in [3.63, 3.8) is 0 Å². The Labute approximate surface area is 208 Å². The number of halogens is 1. The molecule has 0 saturated carbocycles. The van der Waals surface area contributed by atoms with Crippen LogP contribution in [0.2, 0.25) is 0 Å². The molecule has 1 saturated heterocycles. The molecule has 1 aromatic carbocycles. The predicted octanol–water partition coefficient (Wildman–Crippen LogP) is 3.55. The molecule has 36 heavy (non-hydrogen) atoms. The van der Waals surface area contributed by atoms with E-state index in [0.717, 1.165) is 47.1 Å². The molecule has 0 bridgehead atoms. The zero-order valence-electron chi connectivity index (χ0n) is 20.4. The molecule has 1 atom stereocenters.